The molecule has 0 aliphatic rings. The molecule has 0 saturated heterocycles. The average Bonchev–Trinajstić information content (AvgIpc) is 2.20. The SMILES string of the molecule is O=c1cnc(-c2ccc(F)cc2F)c[nH]1. The number of benzene rings is 1. The average molecular weight is 208 g/mol. The standard InChI is InChI=1S/C10H6F2N2O/c11-6-1-2-7(8(12)3-6)9-4-14-10(15)5-13-9/h1-5H,(H,14,15). The van der Waals surface area contributed by atoms with Gasteiger partial charge in [-0.25, -0.2) is 13.8 Å². The molecule has 0 atom stereocenters. The van der Waals surface area contributed by atoms with Crippen LogP contribution in [0.2, 0.25) is 0 Å². The van der Waals surface area contributed by atoms with Crippen molar-refractivity contribution >= 4 is 0 Å². The van der Waals surface area contributed by atoms with Crippen LogP contribution < -0.4 is 5.56 Å². The van der Waals surface area contributed by atoms with Crippen molar-refractivity contribution in [1.82, 2.24) is 9.97 Å². The molecule has 3 nitrogen and oxygen atoms in total. The van der Waals surface area contributed by atoms with Gasteiger partial charge in [-0.2, -0.15) is 0 Å². The molecule has 0 unspecified atom stereocenters. The first kappa shape index (κ1) is 9.51. The van der Waals surface area contributed by atoms with Crippen LogP contribution in [0.1, 0.15) is 0 Å². The molecule has 0 saturated carbocycles. The molecular formula is C10H6F2N2O. The highest BCUT2D eigenvalue weighted by atomic mass is 19.1. The zero-order valence-corrected chi connectivity index (χ0v) is 7.50. The number of hydrogen-bond donors (Lipinski definition) is 1. The molecule has 0 bridgehead atoms. The van der Waals surface area contributed by atoms with Crippen LogP contribution in [-0.2, 0) is 0 Å². The van der Waals surface area contributed by atoms with Crippen LogP contribution in [-0.4, -0.2) is 9.97 Å². The van der Waals surface area contributed by atoms with E-state index in [1.165, 1.54) is 12.3 Å². The van der Waals surface area contributed by atoms with E-state index in [0.717, 1.165) is 18.3 Å². The highest BCUT2D eigenvalue weighted by molar-refractivity contribution is 5.58. The highest BCUT2D eigenvalue weighted by Crippen LogP contribution is 2.19. The van der Waals surface area contributed by atoms with Gasteiger partial charge in [-0.1, -0.05) is 0 Å². The topological polar surface area (TPSA) is 45.8 Å². The lowest BCUT2D eigenvalue weighted by molar-refractivity contribution is 0.585. The molecule has 0 aliphatic heterocycles. The molecule has 0 spiro atoms. The number of H-pyrrole nitrogens is 1. The third kappa shape index (κ3) is 1.90. The molecule has 0 radical (unpaired) electrons. The third-order valence-corrected chi connectivity index (χ3v) is 1.88. The summed E-state index contributed by atoms with van der Waals surface area (Å²) in [6, 6.07) is 3.17. The van der Waals surface area contributed by atoms with E-state index >= 15 is 0 Å². The monoisotopic (exact) mass is 208 g/mol. The normalized spacial score (nSPS) is 10.3. The smallest absolute Gasteiger partial charge is 0.266 e. The Labute approximate surface area is 83.4 Å². The molecule has 2 rings (SSSR count). The molecule has 1 heterocycles. The van der Waals surface area contributed by atoms with Gasteiger partial charge in [-0.15, -0.1) is 0 Å². The number of nitrogens with zero attached hydrogens (tertiary/aromatic N) is 1. The summed E-state index contributed by atoms with van der Waals surface area (Å²) in [7, 11) is 0. The molecule has 15 heavy (non-hydrogen) atoms. The van der Waals surface area contributed by atoms with Crippen molar-refractivity contribution in [3.8, 4) is 11.3 Å². The molecule has 2 aromatic rings. The first-order valence-corrected chi connectivity index (χ1v) is 4.17. The van der Waals surface area contributed by atoms with Crippen molar-refractivity contribution in [2.75, 3.05) is 0 Å². The summed E-state index contributed by atoms with van der Waals surface area (Å²) in [5, 5.41) is 0. The van der Waals surface area contributed by atoms with E-state index in [4.69, 9.17) is 0 Å². The first-order valence-electron chi connectivity index (χ1n) is 4.17. The maximum Gasteiger partial charge on any atom is 0.266 e. The van der Waals surface area contributed by atoms with E-state index in [-0.39, 0.29) is 16.8 Å². The van der Waals surface area contributed by atoms with Gasteiger partial charge in [0, 0.05) is 17.8 Å². The number of nitrogens with one attached hydrogen (secondary N) is 1. The van der Waals surface area contributed by atoms with Crippen LogP contribution in [0, 0.1) is 11.6 Å². The Kier molecular flexibility index (Phi) is 2.29. The fourth-order valence-electron chi connectivity index (χ4n) is 1.19. The van der Waals surface area contributed by atoms with Crippen LogP contribution >= 0.6 is 0 Å². The second-order valence-electron chi connectivity index (χ2n) is 2.92. The minimum Gasteiger partial charge on any atom is -0.326 e. The predicted molar refractivity (Wildman–Crippen MR) is 50.2 cm³/mol. The molecule has 1 aromatic carbocycles. The number of aromatic nitrogens is 2. The molecule has 5 heteroatoms. The van der Waals surface area contributed by atoms with Crippen molar-refractivity contribution in [2.24, 2.45) is 0 Å². The Bertz CT molecular complexity index is 531. The van der Waals surface area contributed by atoms with E-state index < -0.39 is 11.6 Å². The van der Waals surface area contributed by atoms with Crippen LogP contribution in [0.25, 0.3) is 11.3 Å². The molecule has 0 aliphatic carbocycles. The van der Waals surface area contributed by atoms with Gasteiger partial charge in [0.2, 0.25) is 0 Å². The second-order valence-corrected chi connectivity index (χ2v) is 2.92. The van der Waals surface area contributed by atoms with Gasteiger partial charge in [-0.3, -0.25) is 4.79 Å². The summed E-state index contributed by atoms with van der Waals surface area (Å²) in [5.41, 5.74) is 0.0287. The predicted octanol–water partition coefficient (Wildman–Crippen LogP) is 1.72. The van der Waals surface area contributed by atoms with Gasteiger partial charge in [0.25, 0.3) is 5.56 Å². The Hall–Kier alpha value is -2.04. The van der Waals surface area contributed by atoms with Crippen molar-refractivity contribution in [3.63, 3.8) is 0 Å². The maximum absolute atomic E-state index is 13.3. The lowest BCUT2D eigenvalue weighted by atomic mass is 10.1. The molecular weight excluding hydrogens is 202 g/mol. The lowest BCUT2D eigenvalue weighted by Gasteiger charge is -2.01. The van der Waals surface area contributed by atoms with Crippen molar-refractivity contribution < 1.29 is 8.78 Å². The first-order chi connectivity index (χ1) is 7.16. The van der Waals surface area contributed by atoms with E-state index in [1.807, 2.05) is 0 Å². The molecule has 1 aromatic heterocycles. The number of halogens is 2. The largest absolute Gasteiger partial charge is 0.326 e. The zero-order chi connectivity index (χ0) is 10.8. The molecule has 0 amide bonds. The zero-order valence-electron chi connectivity index (χ0n) is 7.50. The number of aromatic amines is 1. The fourth-order valence-corrected chi connectivity index (χ4v) is 1.19. The summed E-state index contributed by atoms with van der Waals surface area (Å²) in [6.45, 7) is 0. The van der Waals surface area contributed by atoms with Gasteiger partial charge in [0.15, 0.2) is 0 Å². The van der Waals surface area contributed by atoms with Crippen molar-refractivity contribution in [2.45, 2.75) is 0 Å². The number of hydrogen-bond acceptors (Lipinski definition) is 2. The lowest BCUT2D eigenvalue weighted by Crippen LogP contribution is -2.04. The Balaban J connectivity index is 2.54. The molecule has 0 fully saturated rings. The van der Waals surface area contributed by atoms with E-state index in [2.05, 4.69) is 9.97 Å². The van der Waals surface area contributed by atoms with Crippen molar-refractivity contribution in [3.05, 3.63) is 52.6 Å². The van der Waals surface area contributed by atoms with Gasteiger partial charge < -0.3 is 4.98 Å². The van der Waals surface area contributed by atoms with E-state index in [9.17, 15) is 13.6 Å². The summed E-state index contributed by atoms with van der Waals surface area (Å²) in [5.74, 6) is -1.37. The highest BCUT2D eigenvalue weighted by Gasteiger charge is 2.07. The van der Waals surface area contributed by atoms with Crippen LogP contribution in [0.3, 0.4) is 0 Å². The summed E-state index contributed by atoms with van der Waals surface area (Å²) >= 11 is 0. The quantitative estimate of drug-likeness (QED) is 0.775. The summed E-state index contributed by atoms with van der Waals surface area (Å²) < 4.78 is 25.9. The minimum absolute atomic E-state index is 0.146. The van der Waals surface area contributed by atoms with Crippen LogP contribution in [0.4, 0.5) is 8.78 Å². The Morgan fingerprint density at radius 1 is 1.27 bits per heavy atom. The van der Waals surface area contributed by atoms with E-state index in [1.54, 1.807) is 0 Å². The minimum atomic E-state index is -0.713. The van der Waals surface area contributed by atoms with Gasteiger partial charge in [0.05, 0.1) is 11.9 Å². The Morgan fingerprint density at radius 2 is 2.07 bits per heavy atom. The molecule has 1 N–H and O–H groups in total. The summed E-state index contributed by atoms with van der Waals surface area (Å²) in [4.78, 5) is 16.8. The maximum atomic E-state index is 13.3. The Morgan fingerprint density at radius 3 is 2.67 bits per heavy atom. The second kappa shape index (κ2) is 3.61. The molecule has 76 valence electrons. The van der Waals surface area contributed by atoms with Crippen LogP contribution in [0.15, 0.2) is 35.4 Å². The fraction of sp³-hybridized carbons (Fsp3) is 0. The summed E-state index contributed by atoms with van der Waals surface area (Å²) in [6.07, 6.45) is 2.32. The van der Waals surface area contributed by atoms with Crippen LogP contribution in [0.5, 0.6) is 0 Å². The van der Waals surface area contributed by atoms with Gasteiger partial charge in [0.1, 0.15) is 11.6 Å². The number of rotatable bonds is 1. The van der Waals surface area contributed by atoms with Gasteiger partial charge in [-0.05, 0) is 12.1 Å². The third-order valence-electron chi connectivity index (χ3n) is 1.88. The van der Waals surface area contributed by atoms with E-state index in [0.29, 0.717) is 0 Å². The van der Waals surface area contributed by atoms with Gasteiger partial charge >= 0.3 is 0 Å². The van der Waals surface area contributed by atoms with Crippen molar-refractivity contribution in [1.29, 1.82) is 0 Å².